The van der Waals surface area contributed by atoms with Crippen LogP contribution in [-0.2, 0) is 0 Å². The summed E-state index contributed by atoms with van der Waals surface area (Å²) < 4.78 is 1.66. The minimum absolute atomic E-state index is 0.0586. The molecule has 0 radical (unpaired) electrons. The number of hydrogen-bond acceptors (Lipinski definition) is 4. The maximum Gasteiger partial charge on any atom is 0.276 e. The fraction of sp³-hybridized carbons (Fsp3) is 0.438. The second-order valence-corrected chi connectivity index (χ2v) is 5.29. The Balaban J connectivity index is 2.30. The van der Waals surface area contributed by atoms with Gasteiger partial charge in [0, 0.05) is 13.1 Å². The van der Waals surface area contributed by atoms with Gasteiger partial charge in [0.05, 0.1) is 18.0 Å². The van der Waals surface area contributed by atoms with E-state index in [0.29, 0.717) is 24.5 Å². The van der Waals surface area contributed by atoms with E-state index in [1.165, 1.54) is 0 Å². The van der Waals surface area contributed by atoms with Crippen molar-refractivity contribution in [1.29, 1.82) is 0 Å². The third-order valence-electron chi connectivity index (χ3n) is 3.53. The summed E-state index contributed by atoms with van der Waals surface area (Å²) in [6.45, 7) is 6.69. The minimum atomic E-state index is -0.188. The molecule has 1 N–H and O–H groups in total. The number of benzene rings is 1. The lowest BCUT2D eigenvalue weighted by molar-refractivity contribution is 0.0715. The van der Waals surface area contributed by atoms with Crippen LogP contribution < -0.4 is 0 Å². The molecule has 1 aromatic heterocycles. The number of carbonyl (C=O) groups is 1. The monoisotopic (exact) mass is 302 g/mol. The number of amides is 1. The van der Waals surface area contributed by atoms with E-state index in [0.717, 1.165) is 17.7 Å². The van der Waals surface area contributed by atoms with Crippen LogP contribution in [0.2, 0.25) is 0 Å². The van der Waals surface area contributed by atoms with E-state index in [-0.39, 0.29) is 12.5 Å². The molecule has 2 rings (SSSR count). The normalized spacial score (nSPS) is 10.7. The van der Waals surface area contributed by atoms with Gasteiger partial charge < -0.3 is 10.0 Å². The molecule has 0 fully saturated rings. The van der Waals surface area contributed by atoms with Crippen molar-refractivity contribution in [3.05, 3.63) is 41.2 Å². The standard InChI is InChI=1S/C16H22N4O2/c1-4-9-19(10-11-21)16(22)15-13(3)20(18-17-15)14-7-5-12(2)6-8-14/h5-8,21H,4,9-11H2,1-3H3. The molecule has 1 aromatic carbocycles. The fourth-order valence-corrected chi connectivity index (χ4v) is 2.31. The van der Waals surface area contributed by atoms with Crippen LogP contribution in [-0.4, -0.2) is 50.6 Å². The van der Waals surface area contributed by atoms with Crippen molar-refractivity contribution in [2.75, 3.05) is 19.7 Å². The highest BCUT2D eigenvalue weighted by Gasteiger charge is 2.22. The molecule has 6 heteroatoms. The third kappa shape index (κ3) is 3.33. The SMILES string of the molecule is CCCN(CCO)C(=O)c1nnn(-c2ccc(C)cc2)c1C. The average Bonchev–Trinajstić information content (AvgIpc) is 2.89. The Hall–Kier alpha value is -2.21. The fourth-order valence-electron chi connectivity index (χ4n) is 2.31. The summed E-state index contributed by atoms with van der Waals surface area (Å²) >= 11 is 0. The minimum Gasteiger partial charge on any atom is -0.395 e. The molecule has 0 unspecified atom stereocenters. The van der Waals surface area contributed by atoms with Crippen molar-refractivity contribution in [3.63, 3.8) is 0 Å². The van der Waals surface area contributed by atoms with E-state index in [2.05, 4.69) is 10.3 Å². The molecule has 1 heterocycles. The van der Waals surface area contributed by atoms with Gasteiger partial charge in [0.1, 0.15) is 0 Å². The smallest absolute Gasteiger partial charge is 0.276 e. The summed E-state index contributed by atoms with van der Waals surface area (Å²) in [6.07, 6.45) is 0.830. The van der Waals surface area contributed by atoms with Gasteiger partial charge >= 0.3 is 0 Å². The number of aliphatic hydroxyl groups is 1. The molecule has 1 amide bonds. The highest BCUT2D eigenvalue weighted by atomic mass is 16.3. The van der Waals surface area contributed by atoms with Gasteiger partial charge in [-0.05, 0) is 32.4 Å². The van der Waals surface area contributed by atoms with Crippen molar-refractivity contribution < 1.29 is 9.90 Å². The van der Waals surface area contributed by atoms with Gasteiger partial charge in [0.2, 0.25) is 0 Å². The van der Waals surface area contributed by atoms with Gasteiger partial charge in [-0.3, -0.25) is 4.79 Å². The van der Waals surface area contributed by atoms with Gasteiger partial charge in [-0.1, -0.05) is 29.8 Å². The molecule has 0 atom stereocenters. The number of nitrogens with zero attached hydrogens (tertiary/aromatic N) is 4. The van der Waals surface area contributed by atoms with Crippen LogP contribution in [0.25, 0.3) is 5.69 Å². The maximum atomic E-state index is 12.5. The van der Waals surface area contributed by atoms with Crippen LogP contribution in [0, 0.1) is 13.8 Å². The van der Waals surface area contributed by atoms with Crippen molar-refractivity contribution in [2.45, 2.75) is 27.2 Å². The summed E-state index contributed by atoms with van der Waals surface area (Å²) in [4.78, 5) is 14.2. The Morgan fingerprint density at radius 3 is 2.50 bits per heavy atom. The predicted molar refractivity (Wildman–Crippen MR) is 84.1 cm³/mol. The zero-order valence-corrected chi connectivity index (χ0v) is 13.3. The van der Waals surface area contributed by atoms with Gasteiger partial charge in [0.15, 0.2) is 5.69 Å². The molecule has 0 saturated carbocycles. The van der Waals surface area contributed by atoms with E-state index >= 15 is 0 Å². The van der Waals surface area contributed by atoms with Crippen LogP contribution in [0.15, 0.2) is 24.3 Å². The Kier molecular flexibility index (Phi) is 5.27. The number of aromatic nitrogens is 3. The number of aliphatic hydroxyl groups excluding tert-OH is 1. The predicted octanol–water partition coefficient (Wildman–Crippen LogP) is 1.73. The molecule has 2 aromatic rings. The summed E-state index contributed by atoms with van der Waals surface area (Å²) in [5.41, 5.74) is 3.07. The van der Waals surface area contributed by atoms with Crippen molar-refractivity contribution >= 4 is 5.91 Å². The molecular weight excluding hydrogens is 280 g/mol. The largest absolute Gasteiger partial charge is 0.395 e. The molecule has 0 aliphatic rings. The number of carbonyl (C=O) groups excluding carboxylic acids is 1. The Bertz CT molecular complexity index is 628. The van der Waals surface area contributed by atoms with Crippen LogP contribution in [0.1, 0.15) is 35.1 Å². The quantitative estimate of drug-likeness (QED) is 0.882. The molecule has 0 aliphatic carbocycles. The van der Waals surface area contributed by atoms with Crippen molar-refractivity contribution in [1.82, 2.24) is 19.9 Å². The van der Waals surface area contributed by atoms with Crippen LogP contribution in [0.3, 0.4) is 0 Å². The zero-order chi connectivity index (χ0) is 16.1. The molecule has 6 nitrogen and oxygen atoms in total. The second-order valence-electron chi connectivity index (χ2n) is 5.29. The van der Waals surface area contributed by atoms with Gasteiger partial charge in [-0.25, -0.2) is 4.68 Å². The van der Waals surface area contributed by atoms with E-state index in [1.807, 2.05) is 45.0 Å². The molecule has 0 bridgehead atoms. The molecule has 0 spiro atoms. The van der Waals surface area contributed by atoms with Gasteiger partial charge in [-0.2, -0.15) is 0 Å². The lowest BCUT2D eigenvalue weighted by atomic mass is 10.2. The first kappa shape index (κ1) is 16.2. The van der Waals surface area contributed by atoms with Gasteiger partial charge in [0.25, 0.3) is 5.91 Å². The Labute approximate surface area is 130 Å². The number of rotatable bonds is 6. The summed E-state index contributed by atoms with van der Waals surface area (Å²) in [5.74, 6) is -0.188. The Morgan fingerprint density at radius 1 is 1.23 bits per heavy atom. The average molecular weight is 302 g/mol. The second kappa shape index (κ2) is 7.17. The van der Waals surface area contributed by atoms with Crippen molar-refractivity contribution in [2.24, 2.45) is 0 Å². The maximum absolute atomic E-state index is 12.5. The lowest BCUT2D eigenvalue weighted by Gasteiger charge is -2.19. The molecule has 0 aliphatic heterocycles. The number of hydrogen-bond donors (Lipinski definition) is 1. The summed E-state index contributed by atoms with van der Waals surface area (Å²) in [7, 11) is 0. The molecule has 0 saturated heterocycles. The highest BCUT2D eigenvalue weighted by Crippen LogP contribution is 2.14. The van der Waals surface area contributed by atoms with Crippen LogP contribution >= 0.6 is 0 Å². The van der Waals surface area contributed by atoms with Gasteiger partial charge in [-0.15, -0.1) is 5.10 Å². The van der Waals surface area contributed by atoms with Crippen LogP contribution in [0.4, 0.5) is 0 Å². The van der Waals surface area contributed by atoms with E-state index in [4.69, 9.17) is 5.11 Å². The first-order chi connectivity index (χ1) is 10.6. The molecule has 118 valence electrons. The van der Waals surface area contributed by atoms with Crippen molar-refractivity contribution in [3.8, 4) is 5.69 Å². The lowest BCUT2D eigenvalue weighted by Crippen LogP contribution is -2.34. The zero-order valence-electron chi connectivity index (χ0n) is 13.3. The van der Waals surface area contributed by atoms with E-state index < -0.39 is 0 Å². The molecule has 22 heavy (non-hydrogen) atoms. The first-order valence-electron chi connectivity index (χ1n) is 7.48. The first-order valence-corrected chi connectivity index (χ1v) is 7.48. The van der Waals surface area contributed by atoms with E-state index in [9.17, 15) is 4.79 Å². The van der Waals surface area contributed by atoms with Crippen LogP contribution in [0.5, 0.6) is 0 Å². The topological polar surface area (TPSA) is 71.2 Å². The number of aryl methyl sites for hydroxylation is 1. The third-order valence-corrected chi connectivity index (χ3v) is 3.53. The van der Waals surface area contributed by atoms with E-state index in [1.54, 1.807) is 9.58 Å². The summed E-state index contributed by atoms with van der Waals surface area (Å²) in [6, 6.07) is 7.88. The molecular formula is C16H22N4O2. The Morgan fingerprint density at radius 2 is 1.91 bits per heavy atom. The summed E-state index contributed by atoms with van der Waals surface area (Å²) in [5, 5.41) is 17.2. The highest BCUT2D eigenvalue weighted by molar-refractivity contribution is 5.93.